The van der Waals surface area contributed by atoms with Gasteiger partial charge in [0, 0.05) is 57.2 Å². The molecule has 8 nitrogen and oxygen atoms in total. The van der Waals surface area contributed by atoms with E-state index >= 15 is 0 Å². The average Bonchev–Trinajstić information content (AvgIpc) is 3.11. The summed E-state index contributed by atoms with van der Waals surface area (Å²) in [5.41, 5.74) is 6.00. The van der Waals surface area contributed by atoms with E-state index in [9.17, 15) is 14.7 Å². The minimum Gasteiger partial charge on any atom is -0.392 e. The smallest absolute Gasteiger partial charge is 0.224 e. The van der Waals surface area contributed by atoms with Gasteiger partial charge in [-0.1, -0.05) is 103 Å². The lowest BCUT2D eigenvalue weighted by molar-refractivity contribution is -0.253. The molecule has 8 heteroatoms. The molecule has 3 atom stereocenters. The first-order valence-electron chi connectivity index (χ1n) is 16.9. The van der Waals surface area contributed by atoms with Crippen molar-refractivity contribution in [3.63, 3.8) is 0 Å². The van der Waals surface area contributed by atoms with Crippen molar-refractivity contribution in [2.75, 3.05) is 18.4 Å². The second kappa shape index (κ2) is 18.3. The van der Waals surface area contributed by atoms with Crippen molar-refractivity contribution in [3.05, 3.63) is 137 Å². The predicted octanol–water partition coefficient (Wildman–Crippen LogP) is 7.06. The van der Waals surface area contributed by atoms with Gasteiger partial charge in [0.2, 0.25) is 11.8 Å². The van der Waals surface area contributed by atoms with E-state index in [-0.39, 0.29) is 30.6 Å². The molecule has 0 bridgehead atoms. The maximum absolute atomic E-state index is 12.5. The molecule has 1 heterocycles. The van der Waals surface area contributed by atoms with E-state index in [0.717, 1.165) is 54.7 Å². The summed E-state index contributed by atoms with van der Waals surface area (Å²) in [7, 11) is 0. The number of carbonyl (C=O) groups excluding carboxylic acids is 2. The van der Waals surface area contributed by atoms with E-state index in [1.165, 1.54) is 18.1 Å². The summed E-state index contributed by atoms with van der Waals surface area (Å²) in [5.74, 6) is -0.0631. The zero-order valence-electron chi connectivity index (χ0n) is 27.7. The van der Waals surface area contributed by atoms with Crippen molar-refractivity contribution < 1.29 is 24.2 Å². The number of amides is 2. The van der Waals surface area contributed by atoms with Crippen LogP contribution >= 0.6 is 0 Å². The van der Waals surface area contributed by atoms with Gasteiger partial charge in [0.25, 0.3) is 0 Å². The Morgan fingerprint density at radius 1 is 0.750 bits per heavy atom. The van der Waals surface area contributed by atoms with Crippen LogP contribution in [-0.4, -0.2) is 41.0 Å². The molecule has 0 spiro atoms. The van der Waals surface area contributed by atoms with Crippen molar-refractivity contribution in [1.82, 2.24) is 10.2 Å². The number of benzene rings is 4. The molecule has 48 heavy (non-hydrogen) atoms. The van der Waals surface area contributed by atoms with Crippen LogP contribution in [0.4, 0.5) is 5.69 Å². The van der Waals surface area contributed by atoms with Crippen molar-refractivity contribution in [3.8, 4) is 0 Å². The van der Waals surface area contributed by atoms with Gasteiger partial charge in [0.1, 0.15) is 0 Å². The summed E-state index contributed by atoms with van der Waals surface area (Å²) in [4.78, 5) is 26.0. The van der Waals surface area contributed by atoms with E-state index in [4.69, 9.17) is 9.47 Å². The standard InChI is InChI=1S/C40H47N3O5/c1-30(45)41-24-10-4-9-15-39(46)42-36-22-20-35(21-23-36)40-47-37(25-38(48-40)34-18-16-33(29-44)17-19-34)28-43(26-31-11-5-2-6-12-31)27-32-13-7-3-8-14-32/h2-3,5-8,11-14,16-23,37-38,40,44H,4,9-10,15,24-29H2,1H3,(H,41,45)(H,42,46)/t37-,38+,40+/m1/s1. The third kappa shape index (κ3) is 11.1. The Bertz CT molecular complexity index is 1510. The summed E-state index contributed by atoms with van der Waals surface area (Å²) >= 11 is 0. The minimum atomic E-state index is -0.588. The summed E-state index contributed by atoms with van der Waals surface area (Å²) in [6, 6.07) is 36.6. The Kier molecular flexibility index (Phi) is 13.3. The van der Waals surface area contributed by atoms with Crippen molar-refractivity contribution in [1.29, 1.82) is 0 Å². The van der Waals surface area contributed by atoms with E-state index in [1.807, 2.05) is 60.7 Å². The highest BCUT2D eigenvalue weighted by Crippen LogP contribution is 2.38. The van der Waals surface area contributed by atoms with Gasteiger partial charge in [-0.2, -0.15) is 0 Å². The summed E-state index contributed by atoms with van der Waals surface area (Å²) in [6.07, 6.45) is 2.72. The Morgan fingerprint density at radius 2 is 1.38 bits per heavy atom. The number of aliphatic hydroxyl groups is 1. The first-order valence-corrected chi connectivity index (χ1v) is 16.9. The molecule has 3 N–H and O–H groups in total. The van der Waals surface area contributed by atoms with Gasteiger partial charge in [-0.05, 0) is 47.2 Å². The topological polar surface area (TPSA) is 100 Å². The molecule has 0 radical (unpaired) electrons. The third-order valence-corrected chi connectivity index (χ3v) is 8.50. The molecule has 0 saturated carbocycles. The van der Waals surface area contributed by atoms with Crippen LogP contribution in [0.15, 0.2) is 109 Å². The molecule has 4 aromatic rings. The second-order valence-electron chi connectivity index (χ2n) is 12.5. The largest absolute Gasteiger partial charge is 0.392 e. The zero-order chi connectivity index (χ0) is 33.6. The van der Waals surface area contributed by atoms with Gasteiger partial charge in [-0.15, -0.1) is 0 Å². The number of rotatable bonds is 16. The molecule has 4 aromatic carbocycles. The number of hydrogen-bond donors (Lipinski definition) is 3. The second-order valence-corrected chi connectivity index (χ2v) is 12.5. The Morgan fingerprint density at radius 3 is 1.98 bits per heavy atom. The van der Waals surface area contributed by atoms with Crippen molar-refractivity contribution >= 4 is 17.5 Å². The molecule has 1 aliphatic rings. The van der Waals surface area contributed by atoms with Crippen LogP contribution in [0.3, 0.4) is 0 Å². The fourth-order valence-electron chi connectivity index (χ4n) is 5.99. The van der Waals surface area contributed by atoms with Gasteiger partial charge in [-0.25, -0.2) is 0 Å². The lowest BCUT2D eigenvalue weighted by atomic mass is 9.99. The van der Waals surface area contributed by atoms with Gasteiger partial charge >= 0.3 is 0 Å². The number of unbranched alkanes of at least 4 members (excludes halogenated alkanes) is 2. The highest BCUT2D eigenvalue weighted by atomic mass is 16.7. The molecular weight excluding hydrogens is 602 g/mol. The molecule has 252 valence electrons. The molecule has 0 unspecified atom stereocenters. The average molecular weight is 650 g/mol. The van der Waals surface area contributed by atoms with Gasteiger partial charge in [0.15, 0.2) is 6.29 Å². The number of nitrogens with one attached hydrogen (secondary N) is 2. The lowest BCUT2D eigenvalue weighted by Gasteiger charge is -2.38. The summed E-state index contributed by atoms with van der Waals surface area (Å²) in [5, 5.41) is 15.4. The first-order chi connectivity index (χ1) is 23.4. The summed E-state index contributed by atoms with van der Waals surface area (Å²) in [6.45, 7) is 4.44. The zero-order valence-corrected chi connectivity index (χ0v) is 27.7. The predicted molar refractivity (Wildman–Crippen MR) is 188 cm³/mol. The highest BCUT2D eigenvalue weighted by molar-refractivity contribution is 5.90. The van der Waals surface area contributed by atoms with Crippen molar-refractivity contribution in [2.45, 2.75) is 77.2 Å². The number of hydrogen-bond acceptors (Lipinski definition) is 6. The van der Waals surface area contributed by atoms with E-state index in [0.29, 0.717) is 25.9 Å². The minimum absolute atomic E-state index is 0.00438. The maximum Gasteiger partial charge on any atom is 0.224 e. The van der Waals surface area contributed by atoms with Crippen LogP contribution < -0.4 is 10.6 Å². The third-order valence-electron chi connectivity index (χ3n) is 8.50. The van der Waals surface area contributed by atoms with Gasteiger partial charge in [0.05, 0.1) is 18.8 Å². The van der Waals surface area contributed by atoms with Gasteiger partial charge in [-0.3, -0.25) is 14.5 Å². The number of aliphatic hydroxyl groups excluding tert-OH is 1. The Balaban J connectivity index is 1.27. The fourth-order valence-corrected chi connectivity index (χ4v) is 5.99. The van der Waals surface area contributed by atoms with Crippen LogP contribution in [0, 0.1) is 0 Å². The maximum atomic E-state index is 12.5. The number of ether oxygens (including phenoxy) is 2. The SMILES string of the molecule is CC(=O)NCCCCCC(=O)Nc1ccc([C@H]2O[C@@H](CN(Cc3ccccc3)Cc3ccccc3)C[C@@H](c3ccc(CO)cc3)O2)cc1. The Hall–Kier alpha value is -4.34. The van der Waals surface area contributed by atoms with Gasteiger partial charge < -0.3 is 25.2 Å². The molecule has 0 aromatic heterocycles. The quantitative estimate of drug-likeness (QED) is 0.112. The first kappa shape index (κ1) is 35.0. The molecule has 2 amide bonds. The molecule has 0 aliphatic carbocycles. The molecule has 1 fully saturated rings. The van der Waals surface area contributed by atoms with E-state index in [2.05, 4.69) is 64.1 Å². The van der Waals surface area contributed by atoms with Crippen LogP contribution in [0.2, 0.25) is 0 Å². The summed E-state index contributed by atoms with van der Waals surface area (Å²) < 4.78 is 13.3. The van der Waals surface area contributed by atoms with Crippen LogP contribution in [-0.2, 0) is 38.8 Å². The molecule has 1 saturated heterocycles. The lowest BCUT2D eigenvalue weighted by Crippen LogP contribution is -2.39. The Labute approximate surface area is 284 Å². The van der Waals surface area contributed by atoms with Crippen LogP contribution in [0.25, 0.3) is 0 Å². The monoisotopic (exact) mass is 649 g/mol. The number of anilines is 1. The molecular formula is C40H47N3O5. The van der Waals surface area contributed by atoms with Crippen LogP contribution in [0.5, 0.6) is 0 Å². The number of carbonyl (C=O) groups is 2. The molecule has 1 aliphatic heterocycles. The molecule has 5 rings (SSSR count). The highest BCUT2D eigenvalue weighted by Gasteiger charge is 2.33. The number of nitrogens with zero attached hydrogens (tertiary/aromatic N) is 1. The van der Waals surface area contributed by atoms with Crippen LogP contribution in [0.1, 0.15) is 79.2 Å². The van der Waals surface area contributed by atoms with E-state index in [1.54, 1.807) is 0 Å². The van der Waals surface area contributed by atoms with Crippen molar-refractivity contribution in [2.24, 2.45) is 0 Å². The fraction of sp³-hybridized carbons (Fsp3) is 0.350. The normalized spacial score (nSPS) is 17.6. The van der Waals surface area contributed by atoms with E-state index < -0.39 is 6.29 Å².